The summed E-state index contributed by atoms with van der Waals surface area (Å²) in [6, 6.07) is -0.107. The number of likely N-dealkylation sites (tertiary alicyclic amines) is 1. The highest BCUT2D eigenvalue weighted by atomic mass is 16.2. The monoisotopic (exact) mass is 226 g/mol. The molecule has 0 aromatic heterocycles. The molecule has 4 nitrogen and oxygen atoms in total. The Labute approximate surface area is 97.4 Å². The fraction of sp³-hybridized carbons (Fsp3) is 0.833. The number of unbranched alkanes of at least 4 members (excludes halogenated alkanes) is 1. The fourth-order valence-corrected chi connectivity index (χ4v) is 1.86. The van der Waals surface area contributed by atoms with Crippen molar-refractivity contribution in [2.45, 2.75) is 45.6 Å². The molecule has 1 aliphatic heterocycles. The average Bonchev–Trinajstić information content (AvgIpc) is 2.29. The summed E-state index contributed by atoms with van der Waals surface area (Å²) in [5.41, 5.74) is 0. The Hall–Kier alpha value is -0.900. The van der Waals surface area contributed by atoms with Crippen molar-refractivity contribution >= 4 is 11.7 Å². The number of amides is 1. The normalized spacial score (nSPS) is 19.5. The first-order chi connectivity index (χ1) is 7.65. The van der Waals surface area contributed by atoms with Crippen molar-refractivity contribution in [2.75, 3.05) is 19.6 Å². The van der Waals surface area contributed by atoms with Crippen LogP contribution in [0.5, 0.6) is 0 Å². The number of ketones is 1. The summed E-state index contributed by atoms with van der Waals surface area (Å²) in [6.45, 7) is 6.22. The van der Waals surface area contributed by atoms with Gasteiger partial charge in [0, 0.05) is 32.5 Å². The molecule has 0 spiro atoms. The first kappa shape index (κ1) is 13.2. The molecule has 1 N–H and O–H groups in total. The molecule has 1 saturated heterocycles. The molecule has 1 atom stereocenters. The van der Waals surface area contributed by atoms with Gasteiger partial charge in [-0.1, -0.05) is 13.3 Å². The van der Waals surface area contributed by atoms with E-state index in [1.807, 2.05) is 6.92 Å². The molecular weight excluding hydrogens is 204 g/mol. The van der Waals surface area contributed by atoms with Crippen LogP contribution in [0.25, 0.3) is 0 Å². The Morgan fingerprint density at radius 2 is 2.06 bits per heavy atom. The van der Waals surface area contributed by atoms with Crippen LogP contribution in [0.3, 0.4) is 0 Å². The highest BCUT2D eigenvalue weighted by Gasteiger charge is 2.24. The Kier molecular flexibility index (Phi) is 5.46. The number of rotatable bonds is 5. The Bertz CT molecular complexity index is 243. The van der Waals surface area contributed by atoms with Crippen molar-refractivity contribution < 1.29 is 9.59 Å². The smallest absolute Gasteiger partial charge is 0.237 e. The van der Waals surface area contributed by atoms with E-state index in [0.717, 1.165) is 32.5 Å². The summed E-state index contributed by atoms with van der Waals surface area (Å²) >= 11 is 0. The maximum Gasteiger partial charge on any atom is 0.237 e. The third-order valence-electron chi connectivity index (χ3n) is 3.11. The molecule has 0 radical (unpaired) electrons. The second-order valence-corrected chi connectivity index (χ2v) is 4.40. The van der Waals surface area contributed by atoms with E-state index in [0.29, 0.717) is 18.6 Å². The lowest BCUT2D eigenvalue weighted by atomic mass is 10.1. The van der Waals surface area contributed by atoms with E-state index < -0.39 is 0 Å². The quantitative estimate of drug-likeness (QED) is 0.710. The van der Waals surface area contributed by atoms with Gasteiger partial charge in [0.05, 0.1) is 6.04 Å². The van der Waals surface area contributed by atoms with Gasteiger partial charge in [0.2, 0.25) is 5.91 Å². The number of carbonyl (C=O) groups is 2. The van der Waals surface area contributed by atoms with E-state index in [1.54, 1.807) is 0 Å². The third-order valence-corrected chi connectivity index (χ3v) is 3.11. The fourth-order valence-electron chi connectivity index (χ4n) is 1.86. The zero-order valence-corrected chi connectivity index (χ0v) is 10.3. The van der Waals surface area contributed by atoms with Gasteiger partial charge >= 0.3 is 0 Å². The second-order valence-electron chi connectivity index (χ2n) is 4.40. The summed E-state index contributed by atoms with van der Waals surface area (Å²) in [7, 11) is 0. The van der Waals surface area contributed by atoms with Gasteiger partial charge in [-0.05, 0) is 13.3 Å². The molecule has 0 aromatic carbocycles. The highest BCUT2D eigenvalue weighted by molar-refractivity contribution is 5.82. The van der Waals surface area contributed by atoms with Crippen LogP contribution in [0.1, 0.15) is 39.5 Å². The Morgan fingerprint density at radius 3 is 2.62 bits per heavy atom. The minimum atomic E-state index is -0.107. The molecule has 1 amide bonds. The number of hydrogen-bond acceptors (Lipinski definition) is 3. The lowest BCUT2D eigenvalue weighted by Gasteiger charge is -2.30. The van der Waals surface area contributed by atoms with Crippen molar-refractivity contribution in [2.24, 2.45) is 0 Å². The number of Topliss-reactive ketones (excluding diaryl/α,β-unsaturated/α-hetero) is 1. The van der Waals surface area contributed by atoms with E-state index in [9.17, 15) is 9.59 Å². The summed E-state index contributed by atoms with van der Waals surface area (Å²) in [5, 5.41) is 2.93. The maximum atomic E-state index is 11.8. The van der Waals surface area contributed by atoms with E-state index >= 15 is 0 Å². The number of carbonyl (C=O) groups excluding carboxylic acids is 2. The molecule has 0 bridgehead atoms. The van der Waals surface area contributed by atoms with E-state index in [4.69, 9.17) is 0 Å². The summed E-state index contributed by atoms with van der Waals surface area (Å²) < 4.78 is 0. The maximum absolute atomic E-state index is 11.8. The van der Waals surface area contributed by atoms with E-state index in [1.165, 1.54) is 0 Å². The van der Waals surface area contributed by atoms with Crippen LogP contribution in [-0.4, -0.2) is 42.3 Å². The Balaban J connectivity index is 2.29. The second kappa shape index (κ2) is 6.63. The minimum absolute atomic E-state index is 0.0859. The van der Waals surface area contributed by atoms with Crippen LogP contribution in [0.2, 0.25) is 0 Å². The van der Waals surface area contributed by atoms with Gasteiger partial charge < -0.3 is 5.32 Å². The molecule has 1 heterocycles. The van der Waals surface area contributed by atoms with Gasteiger partial charge in [-0.25, -0.2) is 0 Å². The zero-order valence-electron chi connectivity index (χ0n) is 10.3. The topological polar surface area (TPSA) is 49.4 Å². The molecular formula is C12H22N2O2. The van der Waals surface area contributed by atoms with Gasteiger partial charge in [0.1, 0.15) is 5.78 Å². The zero-order chi connectivity index (χ0) is 12.0. The molecule has 0 aromatic rings. The van der Waals surface area contributed by atoms with Crippen molar-refractivity contribution in [3.8, 4) is 0 Å². The molecule has 0 aliphatic carbocycles. The molecule has 1 rings (SSSR count). The van der Waals surface area contributed by atoms with Crippen molar-refractivity contribution in [1.82, 2.24) is 10.2 Å². The summed E-state index contributed by atoms with van der Waals surface area (Å²) in [4.78, 5) is 24.9. The lowest BCUT2D eigenvalue weighted by molar-refractivity contribution is -0.129. The SMILES string of the molecule is CCCCNC(=O)C(C)N1CCC(=O)CC1. The Morgan fingerprint density at radius 1 is 1.44 bits per heavy atom. The molecule has 1 fully saturated rings. The number of piperidine rings is 1. The molecule has 0 saturated carbocycles. The third kappa shape index (κ3) is 3.93. The molecule has 16 heavy (non-hydrogen) atoms. The minimum Gasteiger partial charge on any atom is -0.355 e. The van der Waals surface area contributed by atoms with Crippen molar-refractivity contribution in [1.29, 1.82) is 0 Å². The first-order valence-corrected chi connectivity index (χ1v) is 6.18. The highest BCUT2D eigenvalue weighted by Crippen LogP contribution is 2.09. The van der Waals surface area contributed by atoms with Crippen LogP contribution in [-0.2, 0) is 9.59 Å². The predicted molar refractivity (Wildman–Crippen MR) is 63.2 cm³/mol. The standard InChI is InChI=1S/C12H22N2O2/c1-3-4-7-13-12(16)10(2)14-8-5-11(15)6-9-14/h10H,3-9H2,1-2H3,(H,13,16). The van der Waals surface area contributed by atoms with Crippen molar-refractivity contribution in [3.63, 3.8) is 0 Å². The van der Waals surface area contributed by atoms with Crippen LogP contribution in [0, 0.1) is 0 Å². The van der Waals surface area contributed by atoms with Crippen molar-refractivity contribution in [3.05, 3.63) is 0 Å². The molecule has 1 aliphatic rings. The predicted octanol–water partition coefficient (Wildman–Crippen LogP) is 0.956. The van der Waals surface area contributed by atoms with Gasteiger partial charge in [0.25, 0.3) is 0 Å². The average molecular weight is 226 g/mol. The van der Waals surface area contributed by atoms with Gasteiger partial charge in [-0.3, -0.25) is 14.5 Å². The number of nitrogens with one attached hydrogen (secondary N) is 1. The van der Waals surface area contributed by atoms with Gasteiger partial charge in [-0.2, -0.15) is 0 Å². The molecule has 1 unspecified atom stereocenters. The summed E-state index contributed by atoms with van der Waals surface area (Å²) in [6.07, 6.45) is 3.29. The van der Waals surface area contributed by atoms with Gasteiger partial charge in [-0.15, -0.1) is 0 Å². The van der Waals surface area contributed by atoms with Crippen LogP contribution in [0.15, 0.2) is 0 Å². The lowest BCUT2D eigenvalue weighted by Crippen LogP contribution is -2.48. The van der Waals surface area contributed by atoms with Gasteiger partial charge in [0.15, 0.2) is 0 Å². The van der Waals surface area contributed by atoms with Crippen LogP contribution >= 0.6 is 0 Å². The largest absolute Gasteiger partial charge is 0.355 e. The first-order valence-electron chi connectivity index (χ1n) is 6.18. The number of nitrogens with zero attached hydrogens (tertiary/aromatic N) is 1. The van der Waals surface area contributed by atoms with E-state index in [-0.39, 0.29) is 11.9 Å². The summed E-state index contributed by atoms with van der Waals surface area (Å²) in [5.74, 6) is 0.401. The van der Waals surface area contributed by atoms with Crippen LogP contribution < -0.4 is 5.32 Å². The van der Waals surface area contributed by atoms with Crippen LogP contribution in [0.4, 0.5) is 0 Å². The van der Waals surface area contributed by atoms with E-state index in [2.05, 4.69) is 17.1 Å². The molecule has 92 valence electrons. The number of hydrogen-bond donors (Lipinski definition) is 1. The molecule has 4 heteroatoms.